The molecular weight excluding hydrogens is 244 g/mol. The van der Waals surface area contributed by atoms with Crippen molar-refractivity contribution in [3.05, 3.63) is 24.0 Å². The first-order valence-corrected chi connectivity index (χ1v) is 6.80. The standard InChI is InChI=1S/C14H20N2O3/c1-2-16-8-4-7-12(16)13(17)15-11-6-3-5-10(9-11)14(18)19/h4,7-8,10-11H,2-3,5-6,9H2,1H3,(H,15,17)(H,18,19). The number of nitrogens with one attached hydrogen (secondary N) is 1. The highest BCUT2D eigenvalue weighted by atomic mass is 16.4. The Bertz CT molecular complexity index is 467. The summed E-state index contributed by atoms with van der Waals surface area (Å²) in [7, 11) is 0. The lowest BCUT2D eigenvalue weighted by Crippen LogP contribution is -2.40. The Morgan fingerprint density at radius 3 is 2.95 bits per heavy atom. The van der Waals surface area contributed by atoms with E-state index in [4.69, 9.17) is 5.11 Å². The van der Waals surface area contributed by atoms with E-state index in [1.54, 1.807) is 6.07 Å². The minimum absolute atomic E-state index is 0.0254. The fourth-order valence-corrected chi connectivity index (χ4v) is 2.70. The van der Waals surface area contributed by atoms with Gasteiger partial charge in [-0.05, 0) is 38.3 Å². The molecule has 0 bridgehead atoms. The molecule has 1 saturated carbocycles. The largest absolute Gasteiger partial charge is 0.481 e. The van der Waals surface area contributed by atoms with Crippen LogP contribution in [0.4, 0.5) is 0 Å². The van der Waals surface area contributed by atoms with Gasteiger partial charge in [0.25, 0.3) is 5.91 Å². The van der Waals surface area contributed by atoms with Crippen molar-refractivity contribution in [2.75, 3.05) is 0 Å². The van der Waals surface area contributed by atoms with Gasteiger partial charge in [-0.25, -0.2) is 0 Å². The van der Waals surface area contributed by atoms with E-state index in [-0.39, 0.29) is 17.9 Å². The molecule has 0 saturated heterocycles. The van der Waals surface area contributed by atoms with Crippen molar-refractivity contribution in [1.29, 1.82) is 0 Å². The summed E-state index contributed by atoms with van der Waals surface area (Å²) in [6.45, 7) is 2.73. The molecule has 0 spiro atoms. The number of hydrogen-bond acceptors (Lipinski definition) is 2. The number of carboxylic acids is 1. The van der Waals surface area contributed by atoms with Crippen molar-refractivity contribution in [3.63, 3.8) is 0 Å². The predicted octanol–water partition coefficient (Wildman–Crippen LogP) is 1.88. The summed E-state index contributed by atoms with van der Waals surface area (Å²) in [5, 5.41) is 12.0. The summed E-state index contributed by atoms with van der Waals surface area (Å²) in [4.78, 5) is 23.1. The lowest BCUT2D eigenvalue weighted by atomic mass is 9.86. The van der Waals surface area contributed by atoms with Crippen LogP contribution in [0.3, 0.4) is 0 Å². The van der Waals surface area contributed by atoms with Gasteiger partial charge in [0.05, 0.1) is 5.92 Å². The maximum Gasteiger partial charge on any atom is 0.306 e. The number of carbonyl (C=O) groups excluding carboxylic acids is 1. The highest BCUT2D eigenvalue weighted by molar-refractivity contribution is 5.93. The fourth-order valence-electron chi connectivity index (χ4n) is 2.70. The van der Waals surface area contributed by atoms with E-state index in [0.29, 0.717) is 18.5 Å². The minimum Gasteiger partial charge on any atom is -0.481 e. The van der Waals surface area contributed by atoms with Crippen LogP contribution in [-0.4, -0.2) is 27.6 Å². The lowest BCUT2D eigenvalue weighted by molar-refractivity contribution is -0.143. The van der Waals surface area contributed by atoms with Crippen LogP contribution in [0.15, 0.2) is 18.3 Å². The minimum atomic E-state index is -0.754. The van der Waals surface area contributed by atoms with Gasteiger partial charge < -0.3 is 15.0 Å². The average molecular weight is 264 g/mol. The van der Waals surface area contributed by atoms with Gasteiger partial charge in [0.1, 0.15) is 5.69 Å². The molecule has 1 aromatic heterocycles. The van der Waals surface area contributed by atoms with Crippen molar-refractivity contribution < 1.29 is 14.7 Å². The molecule has 2 atom stereocenters. The van der Waals surface area contributed by atoms with Gasteiger partial charge in [-0.2, -0.15) is 0 Å². The van der Waals surface area contributed by atoms with Gasteiger partial charge in [0.15, 0.2) is 0 Å². The molecule has 1 aromatic rings. The number of rotatable bonds is 4. The molecule has 1 fully saturated rings. The summed E-state index contributed by atoms with van der Waals surface area (Å²) < 4.78 is 1.88. The Hall–Kier alpha value is -1.78. The maximum absolute atomic E-state index is 12.2. The zero-order valence-corrected chi connectivity index (χ0v) is 11.1. The van der Waals surface area contributed by atoms with Gasteiger partial charge in [0.2, 0.25) is 0 Å². The smallest absolute Gasteiger partial charge is 0.306 e. The highest BCUT2D eigenvalue weighted by Gasteiger charge is 2.28. The van der Waals surface area contributed by atoms with E-state index in [2.05, 4.69) is 5.32 Å². The molecular formula is C14H20N2O3. The first-order chi connectivity index (χ1) is 9.11. The van der Waals surface area contributed by atoms with Crippen LogP contribution < -0.4 is 5.32 Å². The van der Waals surface area contributed by atoms with Crippen LogP contribution in [0.25, 0.3) is 0 Å². The first kappa shape index (κ1) is 13.6. The number of aliphatic carboxylic acids is 1. The molecule has 0 aliphatic heterocycles. The normalized spacial score (nSPS) is 23.0. The van der Waals surface area contributed by atoms with Crippen LogP contribution in [0.2, 0.25) is 0 Å². The Labute approximate surface area is 112 Å². The van der Waals surface area contributed by atoms with Gasteiger partial charge >= 0.3 is 5.97 Å². The van der Waals surface area contributed by atoms with Crippen molar-refractivity contribution >= 4 is 11.9 Å². The van der Waals surface area contributed by atoms with Crippen LogP contribution in [0.1, 0.15) is 43.1 Å². The second kappa shape index (κ2) is 5.91. The lowest BCUT2D eigenvalue weighted by Gasteiger charge is -2.27. The Kier molecular flexibility index (Phi) is 4.24. The maximum atomic E-state index is 12.2. The number of amides is 1. The Balaban J connectivity index is 1.97. The monoisotopic (exact) mass is 264 g/mol. The van der Waals surface area contributed by atoms with Crippen molar-refractivity contribution in [3.8, 4) is 0 Å². The molecule has 104 valence electrons. The molecule has 19 heavy (non-hydrogen) atoms. The summed E-state index contributed by atoms with van der Waals surface area (Å²) in [6.07, 6.45) is 4.84. The van der Waals surface area contributed by atoms with E-state index < -0.39 is 5.97 Å². The number of nitrogens with zero attached hydrogens (tertiary/aromatic N) is 1. The average Bonchev–Trinajstić information content (AvgIpc) is 2.87. The summed E-state index contributed by atoms with van der Waals surface area (Å²) in [5.41, 5.74) is 0.639. The van der Waals surface area contributed by atoms with E-state index in [1.807, 2.05) is 23.8 Å². The van der Waals surface area contributed by atoms with Crippen molar-refractivity contribution in [2.45, 2.75) is 45.2 Å². The molecule has 1 heterocycles. The molecule has 1 aliphatic rings. The van der Waals surface area contributed by atoms with Crippen molar-refractivity contribution in [2.24, 2.45) is 5.92 Å². The number of carbonyl (C=O) groups is 2. The SMILES string of the molecule is CCn1cccc1C(=O)NC1CCCC(C(=O)O)C1. The number of aryl methyl sites for hydroxylation is 1. The van der Waals surface area contributed by atoms with E-state index >= 15 is 0 Å². The van der Waals surface area contributed by atoms with Gasteiger partial charge in [-0.15, -0.1) is 0 Å². The zero-order chi connectivity index (χ0) is 13.8. The van der Waals surface area contributed by atoms with Crippen LogP contribution in [-0.2, 0) is 11.3 Å². The van der Waals surface area contributed by atoms with Gasteiger partial charge in [0, 0.05) is 18.8 Å². The Morgan fingerprint density at radius 2 is 2.26 bits per heavy atom. The van der Waals surface area contributed by atoms with Crippen LogP contribution in [0, 0.1) is 5.92 Å². The molecule has 2 unspecified atom stereocenters. The number of hydrogen-bond donors (Lipinski definition) is 2. The molecule has 1 amide bonds. The Morgan fingerprint density at radius 1 is 1.47 bits per heavy atom. The van der Waals surface area contributed by atoms with Crippen molar-refractivity contribution in [1.82, 2.24) is 9.88 Å². The third kappa shape index (κ3) is 3.16. The molecule has 0 radical (unpaired) electrons. The fraction of sp³-hybridized carbons (Fsp3) is 0.571. The number of aromatic nitrogens is 1. The topological polar surface area (TPSA) is 71.3 Å². The third-order valence-electron chi connectivity index (χ3n) is 3.76. The highest BCUT2D eigenvalue weighted by Crippen LogP contribution is 2.24. The van der Waals surface area contributed by atoms with Crippen LogP contribution >= 0.6 is 0 Å². The molecule has 5 heteroatoms. The summed E-state index contributed by atoms with van der Waals surface area (Å²) >= 11 is 0. The van der Waals surface area contributed by atoms with E-state index in [0.717, 1.165) is 19.4 Å². The second-order valence-electron chi connectivity index (χ2n) is 5.05. The van der Waals surface area contributed by atoms with Gasteiger partial charge in [-0.3, -0.25) is 9.59 Å². The third-order valence-corrected chi connectivity index (χ3v) is 3.76. The molecule has 0 aromatic carbocycles. The number of carboxylic acid groups (broad SMARTS) is 1. The molecule has 2 N–H and O–H groups in total. The predicted molar refractivity (Wildman–Crippen MR) is 71.0 cm³/mol. The summed E-state index contributed by atoms with van der Waals surface area (Å²) in [6, 6.07) is 3.61. The molecule has 5 nitrogen and oxygen atoms in total. The second-order valence-corrected chi connectivity index (χ2v) is 5.05. The quantitative estimate of drug-likeness (QED) is 0.872. The molecule has 1 aliphatic carbocycles. The van der Waals surface area contributed by atoms with Gasteiger partial charge in [-0.1, -0.05) is 6.42 Å². The van der Waals surface area contributed by atoms with E-state index in [9.17, 15) is 9.59 Å². The summed E-state index contributed by atoms with van der Waals surface area (Å²) in [5.74, 6) is -1.18. The zero-order valence-electron chi connectivity index (χ0n) is 11.1. The van der Waals surface area contributed by atoms with E-state index in [1.165, 1.54) is 0 Å². The van der Waals surface area contributed by atoms with Crippen LogP contribution in [0.5, 0.6) is 0 Å². The first-order valence-electron chi connectivity index (χ1n) is 6.80. The molecule has 2 rings (SSSR count).